The molecule has 1 aromatic rings. The number of nitrogens with zero attached hydrogens (tertiary/aromatic N) is 1. The predicted molar refractivity (Wildman–Crippen MR) is 80.5 cm³/mol. The molecule has 1 aromatic heterocycles. The van der Waals surface area contributed by atoms with Crippen molar-refractivity contribution in [2.45, 2.75) is 60.0 Å². The minimum atomic E-state index is 0.489. The quantitative estimate of drug-likeness (QED) is 0.779. The van der Waals surface area contributed by atoms with E-state index >= 15 is 0 Å². The number of hydrogen-bond acceptors (Lipinski definition) is 3. The van der Waals surface area contributed by atoms with E-state index < -0.39 is 0 Å². The van der Waals surface area contributed by atoms with Crippen LogP contribution in [-0.2, 0) is 13.0 Å². The number of pyridine rings is 1. The van der Waals surface area contributed by atoms with E-state index in [1.54, 1.807) is 0 Å². The SMILES string of the molecule is CCc1cc(CNC(C)C)cc(OCCC(C)C)n1. The van der Waals surface area contributed by atoms with Crippen molar-refractivity contribution in [3.8, 4) is 5.88 Å². The molecular weight excluding hydrogens is 236 g/mol. The van der Waals surface area contributed by atoms with Gasteiger partial charge < -0.3 is 10.1 Å². The van der Waals surface area contributed by atoms with Gasteiger partial charge in [0.25, 0.3) is 0 Å². The second kappa shape index (κ2) is 8.16. The summed E-state index contributed by atoms with van der Waals surface area (Å²) in [5, 5.41) is 3.43. The Bertz CT molecular complexity index is 375. The highest BCUT2D eigenvalue weighted by atomic mass is 16.5. The highest BCUT2D eigenvalue weighted by Gasteiger charge is 2.04. The van der Waals surface area contributed by atoms with Gasteiger partial charge in [-0.3, -0.25) is 0 Å². The van der Waals surface area contributed by atoms with Gasteiger partial charge in [-0.1, -0.05) is 34.6 Å². The molecule has 3 heteroatoms. The van der Waals surface area contributed by atoms with E-state index in [0.717, 1.165) is 37.6 Å². The highest BCUT2D eigenvalue weighted by Crippen LogP contribution is 2.14. The van der Waals surface area contributed by atoms with Crippen molar-refractivity contribution in [1.82, 2.24) is 10.3 Å². The maximum Gasteiger partial charge on any atom is 0.213 e. The monoisotopic (exact) mass is 264 g/mol. The summed E-state index contributed by atoms with van der Waals surface area (Å²) in [6.45, 7) is 12.5. The van der Waals surface area contributed by atoms with Gasteiger partial charge >= 0.3 is 0 Å². The Labute approximate surface area is 117 Å². The number of hydrogen-bond donors (Lipinski definition) is 1. The molecule has 0 unspecified atom stereocenters. The maximum absolute atomic E-state index is 5.77. The van der Waals surface area contributed by atoms with Crippen LogP contribution in [0.3, 0.4) is 0 Å². The van der Waals surface area contributed by atoms with Crippen molar-refractivity contribution in [1.29, 1.82) is 0 Å². The van der Waals surface area contributed by atoms with Crippen LogP contribution in [0.2, 0.25) is 0 Å². The Morgan fingerprint density at radius 2 is 1.95 bits per heavy atom. The first-order chi connectivity index (χ1) is 9.01. The number of aryl methyl sites for hydroxylation is 1. The molecule has 0 saturated heterocycles. The normalized spacial score (nSPS) is 11.3. The molecule has 0 radical (unpaired) electrons. The third-order valence-corrected chi connectivity index (χ3v) is 2.94. The van der Waals surface area contributed by atoms with Gasteiger partial charge in [0.1, 0.15) is 0 Å². The topological polar surface area (TPSA) is 34.1 Å². The van der Waals surface area contributed by atoms with Crippen LogP contribution < -0.4 is 10.1 Å². The van der Waals surface area contributed by atoms with Gasteiger partial charge in [-0.15, -0.1) is 0 Å². The molecule has 0 saturated carbocycles. The Morgan fingerprint density at radius 1 is 1.21 bits per heavy atom. The van der Waals surface area contributed by atoms with E-state index in [2.05, 4.69) is 57.1 Å². The zero-order valence-electron chi connectivity index (χ0n) is 13.0. The van der Waals surface area contributed by atoms with Crippen LogP contribution in [0, 0.1) is 5.92 Å². The highest BCUT2D eigenvalue weighted by molar-refractivity contribution is 5.25. The first kappa shape index (κ1) is 16.0. The first-order valence-corrected chi connectivity index (χ1v) is 7.37. The predicted octanol–water partition coefficient (Wildman–Crippen LogP) is 3.57. The van der Waals surface area contributed by atoms with Crippen molar-refractivity contribution in [3.05, 3.63) is 23.4 Å². The van der Waals surface area contributed by atoms with Gasteiger partial charge in [0, 0.05) is 24.3 Å². The van der Waals surface area contributed by atoms with Crippen LogP contribution in [0.1, 0.15) is 52.3 Å². The summed E-state index contributed by atoms with van der Waals surface area (Å²) < 4.78 is 5.77. The molecule has 0 amide bonds. The van der Waals surface area contributed by atoms with Crippen LogP contribution in [0.5, 0.6) is 5.88 Å². The van der Waals surface area contributed by atoms with E-state index in [1.165, 1.54) is 5.56 Å². The summed E-state index contributed by atoms with van der Waals surface area (Å²) in [4.78, 5) is 4.53. The fraction of sp³-hybridized carbons (Fsp3) is 0.688. The van der Waals surface area contributed by atoms with E-state index in [4.69, 9.17) is 4.74 Å². The lowest BCUT2D eigenvalue weighted by molar-refractivity contribution is 0.278. The van der Waals surface area contributed by atoms with E-state index in [1.807, 2.05) is 0 Å². The fourth-order valence-corrected chi connectivity index (χ4v) is 1.70. The van der Waals surface area contributed by atoms with Crippen LogP contribution in [-0.4, -0.2) is 17.6 Å². The molecule has 19 heavy (non-hydrogen) atoms. The van der Waals surface area contributed by atoms with Crippen molar-refractivity contribution in [2.75, 3.05) is 6.61 Å². The largest absolute Gasteiger partial charge is 0.478 e. The van der Waals surface area contributed by atoms with Crippen molar-refractivity contribution < 1.29 is 4.74 Å². The molecule has 0 bridgehead atoms. The van der Waals surface area contributed by atoms with Crippen molar-refractivity contribution in [2.24, 2.45) is 5.92 Å². The Morgan fingerprint density at radius 3 is 2.53 bits per heavy atom. The van der Waals surface area contributed by atoms with Gasteiger partial charge in [0.2, 0.25) is 5.88 Å². The van der Waals surface area contributed by atoms with Gasteiger partial charge in [-0.05, 0) is 30.4 Å². The van der Waals surface area contributed by atoms with Gasteiger partial charge in [-0.25, -0.2) is 4.98 Å². The average Bonchev–Trinajstić information content (AvgIpc) is 2.35. The lowest BCUT2D eigenvalue weighted by Gasteiger charge is -2.12. The smallest absolute Gasteiger partial charge is 0.213 e. The van der Waals surface area contributed by atoms with Gasteiger partial charge in [0.15, 0.2) is 0 Å². The van der Waals surface area contributed by atoms with Crippen LogP contribution >= 0.6 is 0 Å². The molecule has 3 nitrogen and oxygen atoms in total. The minimum absolute atomic E-state index is 0.489. The van der Waals surface area contributed by atoms with Crippen LogP contribution in [0.15, 0.2) is 12.1 Å². The standard InChI is InChI=1S/C16H28N2O/c1-6-15-9-14(11-17-13(4)5)10-16(18-15)19-8-7-12(2)3/h9-10,12-13,17H,6-8,11H2,1-5H3. The van der Waals surface area contributed by atoms with Gasteiger partial charge in [-0.2, -0.15) is 0 Å². The zero-order valence-corrected chi connectivity index (χ0v) is 13.0. The third-order valence-electron chi connectivity index (χ3n) is 2.94. The molecule has 0 aliphatic rings. The average molecular weight is 264 g/mol. The molecule has 108 valence electrons. The lowest BCUT2D eigenvalue weighted by atomic mass is 10.1. The second-order valence-corrected chi connectivity index (χ2v) is 5.73. The van der Waals surface area contributed by atoms with E-state index in [-0.39, 0.29) is 0 Å². The van der Waals surface area contributed by atoms with Crippen molar-refractivity contribution >= 4 is 0 Å². The summed E-state index contributed by atoms with van der Waals surface area (Å²) in [6, 6.07) is 4.70. The molecule has 0 aliphatic carbocycles. The molecule has 0 fully saturated rings. The molecule has 1 N–H and O–H groups in total. The number of rotatable bonds is 8. The Kier molecular flexibility index (Phi) is 6.85. The molecule has 1 rings (SSSR count). The molecule has 0 aromatic carbocycles. The number of aromatic nitrogens is 1. The second-order valence-electron chi connectivity index (χ2n) is 5.73. The Hall–Kier alpha value is -1.09. The zero-order chi connectivity index (χ0) is 14.3. The summed E-state index contributed by atoms with van der Waals surface area (Å²) in [5.74, 6) is 1.43. The molecule has 0 atom stereocenters. The number of ether oxygens (including phenoxy) is 1. The van der Waals surface area contributed by atoms with E-state index in [0.29, 0.717) is 12.0 Å². The summed E-state index contributed by atoms with van der Waals surface area (Å²) in [6.07, 6.45) is 2.01. The van der Waals surface area contributed by atoms with Crippen LogP contribution in [0.4, 0.5) is 0 Å². The summed E-state index contributed by atoms with van der Waals surface area (Å²) in [5.41, 5.74) is 2.35. The molecule has 0 spiro atoms. The molecule has 1 heterocycles. The minimum Gasteiger partial charge on any atom is -0.478 e. The first-order valence-electron chi connectivity index (χ1n) is 7.37. The maximum atomic E-state index is 5.77. The fourth-order valence-electron chi connectivity index (χ4n) is 1.70. The van der Waals surface area contributed by atoms with Crippen LogP contribution in [0.25, 0.3) is 0 Å². The van der Waals surface area contributed by atoms with E-state index in [9.17, 15) is 0 Å². The van der Waals surface area contributed by atoms with Crippen molar-refractivity contribution in [3.63, 3.8) is 0 Å². The molecule has 0 aliphatic heterocycles. The van der Waals surface area contributed by atoms with Gasteiger partial charge in [0.05, 0.1) is 6.61 Å². The lowest BCUT2D eigenvalue weighted by Crippen LogP contribution is -2.22. The summed E-state index contributed by atoms with van der Waals surface area (Å²) in [7, 11) is 0. The molecular formula is C16H28N2O. The summed E-state index contributed by atoms with van der Waals surface area (Å²) >= 11 is 0. The number of nitrogens with one attached hydrogen (secondary N) is 1. The Balaban J connectivity index is 2.66. The third kappa shape index (κ3) is 6.58.